The summed E-state index contributed by atoms with van der Waals surface area (Å²) in [4.78, 5) is 8.72. The van der Waals surface area contributed by atoms with Gasteiger partial charge in [-0.15, -0.1) is 0 Å². The molecule has 0 fully saturated rings. The Kier molecular flexibility index (Phi) is 3.13. The molecule has 0 amide bonds. The first-order valence-electron chi connectivity index (χ1n) is 5.83. The van der Waals surface area contributed by atoms with Gasteiger partial charge in [-0.2, -0.15) is 0 Å². The fourth-order valence-electron chi connectivity index (χ4n) is 1.93. The van der Waals surface area contributed by atoms with Crippen LogP contribution in [0.4, 0.5) is 0 Å². The number of hydrogen-bond donors (Lipinski definition) is 0. The lowest BCUT2D eigenvalue weighted by molar-refractivity contribution is 1.32. The molecule has 3 aromatic rings. The predicted molar refractivity (Wildman–Crippen MR) is 79.7 cm³/mol. The van der Waals surface area contributed by atoms with E-state index in [4.69, 9.17) is 23.2 Å². The van der Waals surface area contributed by atoms with E-state index in [0.29, 0.717) is 5.15 Å². The van der Waals surface area contributed by atoms with Crippen molar-refractivity contribution in [3.05, 3.63) is 58.3 Å². The van der Waals surface area contributed by atoms with Crippen molar-refractivity contribution in [3.8, 4) is 11.3 Å². The van der Waals surface area contributed by atoms with E-state index in [0.717, 1.165) is 32.7 Å². The summed E-state index contributed by atoms with van der Waals surface area (Å²) in [5.41, 5.74) is 3.58. The van der Waals surface area contributed by atoms with Crippen LogP contribution in [-0.2, 0) is 0 Å². The van der Waals surface area contributed by atoms with Crippen LogP contribution in [0.5, 0.6) is 0 Å². The largest absolute Gasteiger partial charge is 0.256 e. The van der Waals surface area contributed by atoms with Crippen LogP contribution in [0.15, 0.2) is 42.6 Å². The van der Waals surface area contributed by atoms with E-state index in [-0.39, 0.29) is 0 Å². The number of aryl methyl sites for hydroxylation is 1. The molecule has 4 heteroatoms. The molecule has 0 radical (unpaired) electrons. The number of fused-ring (bicyclic) bond motifs is 1. The molecule has 0 spiro atoms. The number of nitrogens with zero attached hydrogens (tertiary/aromatic N) is 2. The Morgan fingerprint density at radius 3 is 2.68 bits per heavy atom. The van der Waals surface area contributed by atoms with E-state index in [1.165, 1.54) is 0 Å². The first-order chi connectivity index (χ1) is 9.15. The van der Waals surface area contributed by atoms with Gasteiger partial charge in [-0.1, -0.05) is 35.3 Å². The average Bonchev–Trinajstić information content (AvgIpc) is 2.42. The lowest BCUT2D eigenvalue weighted by Gasteiger charge is -2.06. The van der Waals surface area contributed by atoms with Crippen molar-refractivity contribution in [2.75, 3.05) is 0 Å². The lowest BCUT2D eigenvalue weighted by atomic mass is 10.1. The van der Waals surface area contributed by atoms with Crippen molar-refractivity contribution in [2.24, 2.45) is 0 Å². The molecule has 19 heavy (non-hydrogen) atoms. The van der Waals surface area contributed by atoms with E-state index in [9.17, 15) is 0 Å². The molecule has 94 valence electrons. The van der Waals surface area contributed by atoms with Gasteiger partial charge in [0.05, 0.1) is 11.2 Å². The lowest BCUT2D eigenvalue weighted by Crippen LogP contribution is -1.89. The zero-order chi connectivity index (χ0) is 13.4. The summed E-state index contributed by atoms with van der Waals surface area (Å²) in [6, 6.07) is 11.5. The van der Waals surface area contributed by atoms with Gasteiger partial charge in [0.25, 0.3) is 0 Å². The van der Waals surface area contributed by atoms with Crippen LogP contribution < -0.4 is 0 Å². The minimum Gasteiger partial charge on any atom is -0.256 e. The van der Waals surface area contributed by atoms with Gasteiger partial charge in [-0.3, -0.25) is 4.98 Å². The third kappa shape index (κ3) is 2.29. The molecule has 0 atom stereocenters. The topological polar surface area (TPSA) is 25.8 Å². The molecule has 1 aromatic carbocycles. The molecule has 0 saturated carbocycles. The van der Waals surface area contributed by atoms with E-state index >= 15 is 0 Å². The fraction of sp³-hybridized carbons (Fsp3) is 0.0667. The predicted octanol–water partition coefficient (Wildman–Crippen LogP) is 4.91. The van der Waals surface area contributed by atoms with Crippen molar-refractivity contribution >= 4 is 34.1 Å². The molecule has 2 heterocycles. The van der Waals surface area contributed by atoms with Gasteiger partial charge in [0.2, 0.25) is 0 Å². The van der Waals surface area contributed by atoms with Crippen LogP contribution in [0.1, 0.15) is 5.56 Å². The maximum atomic E-state index is 6.20. The van der Waals surface area contributed by atoms with Gasteiger partial charge < -0.3 is 0 Å². The monoisotopic (exact) mass is 288 g/mol. The normalized spacial score (nSPS) is 10.9. The smallest absolute Gasteiger partial charge is 0.139 e. The van der Waals surface area contributed by atoms with E-state index < -0.39 is 0 Å². The van der Waals surface area contributed by atoms with Crippen LogP contribution in [0.25, 0.3) is 22.2 Å². The third-order valence-electron chi connectivity index (χ3n) is 3.02. The fourth-order valence-corrected chi connectivity index (χ4v) is 2.37. The summed E-state index contributed by atoms with van der Waals surface area (Å²) in [5, 5.41) is 2.03. The molecular formula is C15H10Cl2N2. The second-order valence-electron chi connectivity index (χ2n) is 4.33. The first-order valence-corrected chi connectivity index (χ1v) is 6.58. The molecule has 0 unspecified atom stereocenters. The Balaban J connectivity index is 2.22. The number of hydrogen-bond acceptors (Lipinski definition) is 2. The van der Waals surface area contributed by atoms with Crippen LogP contribution in [0.3, 0.4) is 0 Å². The summed E-state index contributed by atoms with van der Waals surface area (Å²) >= 11 is 12.3. The first kappa shape index (κ1) is 12.4. The van der Waals surface area contributed by atoms with E-state index in [1.807, 2.05) is 43.3 Å². The number of benzene rings is 1. The zero-order valence-electron chi connectivity index (χ0n) is 10.2. The van der Waals surface area contributed by atoms with Gasteiger partial charge in [-0.25, -0.2) is 4.98 Å². The minimum atomic E-state index is 0.456. The van der Waals surface area contributed by atoms with Crippen molar-refractivity contribution in [1.82, 2.24) is 9.97 Å². The summed E-state index contributed by atoms with van der Waals surface area (Å²) in [5.74, 6) is 0. The molecule has 0 aliphatic rings. The SMILES string of the molecule is Cc1ccc(-c2cc3ncccc3c(Cl)n2)cc1Cl. The van der Waals surface area contributed by atoms with Crippen LogP contribution in [0, 0.1) is 6.92 Å². The second-order valence-corrected chi connectivity index (χ2v) is 5.10. The van der Waals surface area contributed by atoms with Crippen LogP contribution in [-0.4, -0.2) is 9.97 Å². The third-order valence-corrected chi connectivity index (χ3v) is 3.72. The summed E-state index contributed by atoms with van der Waals surface area (Å²) in [6.45, 7) is 1.97. The van der Waals surface area contributed by atoms with Crippen molar-refractivity contribution in [2.45, 2.75) is 6.92 Å². The Labute approximate surface area is 121 Å². The second kappa shape index (κ2) is 4.80. The van der Waals surface area contributed by atoms with Crippen LogP contribution in [0.2, 0.25) is 10.2 Å². The zero-order valence-corrected chi connectivity index (χ0v) is 11.7. The molecule has 2 aromatic heterocycles. The van der Waals surface area contributed by atoms with Crippen LogP contribution >= 0.6 is 23.2 Å². The average molecular weight is 289 g/mol. The van der Waals surface area contributed by atoms with Gasteiger partial charge in [-0.05, 0) is 36.8 Å². The summed E-state index contributed by atoms with van der Waals surface area (Å²) in [6.07, 6.45) is 1.74. The van der Waals surface area contributed by atoms with Crippen molar-refractivity contribution in [3.63, 3.8) is 0 Å². The Bertz CT molecular complexity index is 769. The quantitative estimate of drug-likeness (QED) is 0.595. The number of rotatable bonds is 1. The van der Waals surface area contributed by atoms with Crippen molar-refractivity contribution in [1.29, 1.82) is 0 Å². The Hall–Kier alpha value is -1.64. The number of pyridine rings is 2. The Morgan fingerprint density at radius 2 is 1.89 bits per heavy atom. The molecule has 0 aliphatic carbocycles. The molecule has 3 rings (SSSR count). The molecule has 2 nitrogen and oxygen atoms in total. The van der Waals surface area contributed by atoms with E-state index in [2.05, 4.69) is 9.97 Å². The van der Waals surface area contributed by atoms with E-state index in [1.54, 1.807) is 6.20 Å². The molecule has 0 N–H and O–H groups in total. The minimum absolute atomic E-state index is 0.456. The highest BCUT2D eigenvalue weighted by Crippen LogP contribution is 2.28. The van der Waals surface area contributed by atoms with Gasteiger partial charge in [0.1, 0.15) is 5.15 Å². The number of aromatic nitrogens is 2. The summed E-state index contributed by atoms with van der Waals surface area (Å²) in [7, 11) is 0. The van der Waals surface area contributed by atoms with Gasteiger partial charge in [0.15, 0.2) is 0 Å². The highest BCUT2D eigenvalue weighted by molar-refractivity contribution is 6.34. The van der Waals surface area contributed by atoms with Crippen molar-refractivity contribution < 1.29 is 0 Å². The Morgan fingerprint density at radius 1 is 1.05 bits per heavy atom. The highest BCUT2D eigenvalue weighted by Gasteiger charge is 2.07. The number of halogens is 2. The summed E-state index contributed by atoms with van der Waals surface area (Å²) < 4.78 is 0. The molecule has 0 saturated heterocycles. The molecule has 0 aliphatic heterocycles. The molecule has 0 bridgehead atoms. The van der Waals surface area contributed by atoms with Gasteiger partial charge in [0, 0.05) is 22.2 Å². The highest BCUT2D eigenvalue weighted by atomic mass is 35.5. The van der Waals surface area contributed by atoms with Gasteiger partial charge >= 0.3 is 0 Å². The molecular weight excluding hydrogens is 279 g/mol. The maximum absolute atomic E-state index is 6.20. The standard InChI is InChI=1S/C15H10Cl2N2/c1-9-4-5-10(7-12(9)16)13-8-14-11(15(17)19-13)3-2-6-18-14/h2-8H,1H3. The maximum Gasteiger partial charge on any atom is 0.139 e.